The molecule has 3 heteroatoms. The topological polar surface area (TPSA) is 18.5 Å². The lowest BCUT2D eigenvalue weighted by molar-refractivity contribution is -0.0686. The highest BCUT2D eigenvalue weighted by atomic mass is 35.5. The van der Waals surface area contributed by atoms with Crippen LogP contribution < -0.4 is 0 Å². The van der Waals surface area contributed by atoms with E-state index in [9.17, 15) is 0 Å². The zero-order chi connectivity index (χ0) is 10.7. The van der Waals surface area contributed by atoms with Gasteiger partial charge >= 0.3 is 0 Å². The molecule has 2 rings (SSSR count). The minimum atomic E-state index is -0.156. The molecule has 0 bridgehead atoms. The largest absolute Gasteiger partial charge is 0.349 e. The van der Waals surface area contributed by atoms with Crippen LogP contribution in [-0.4, -0.2) is 24.9 Å². The maximum Gasteiger partial charge on any atom is 0.164 e. The third kappa shape index (κ3) is 2.51. The molecule has 2 nitrogen and oxygen atoms in total. The molecule has 1 aromatic carbocycles. The van der Waals surface area contributed by atoms with Gasteiger partial charge in [0.2, 0.25) is 0 Å². The third-order valence-corrected chi connectivity index (χ3v) is 3.02. The van der Waals surface area contributed by atoms with E-state index in [1.807, 2.05) is 18.2 Å². The molecule has 1 aliphatic heterocycles. The molecule has 1 aromatic rings. The summed E-state index contributed by atoms with van der Waals surface area (Å²) in [6, 6.07) is 10.2. The Morgan fingerprint density at radius 2 is 2.13 bits per heavy atom. The van der Waals surface area contributed by atoms with Gasteiger partial charge in [0.1, 0.15) is 0 Å². The van der Waals surface area contributed by atoms with Crippen molar-refractivity contribution in [2.75, 3.05) is 12.5 Å². The summed E-state index contributed by atoms with van der Waals surface area (Å²) in [4.78, 5) is 0. The molecule has 1 aliphatic rings. The van der Waals surface area contributed by atoms with Crippen molar-refractivity contribution in [2.24, 2.45) is 0 Å². The summed E-state index contributed by atoms with van der Waals surface area (Å²) < 4.78 is 11.2. The molecule has 0 amide bonds. The first-order valence-corrected chi connectivity index (χ1v) is 5.72. The van der Waals surface area contributed by atoms with Crippen LogP contribution in [0.5, 0.6) is 0 Å². The number of hydrogen-bond acceptors (Lipinski definition) is 2. The van der Waals surface area contributed by atoms with Gasteiger partial charge in [-0.15, -0.1) is 11.6 Å². The van der Waals surface area contributed by atoms with E-state index in [0.717, 1.165) is 0 Å². The normalized spacial score (nSPS) is 27.9. The van der Waals surface area contributed by atoms with Crippen LogP contribution in [0.1, 0.15) is 18.4 Å². The molecule has 0 unspecified atom stereocenters. The molecule has 1 saturated heterocycles. The predicted molar refractivity (Wildman–Crippen MR) is 60.2 cm³/mol. The Hall–Kier alpha value is -0.570. The molecular weight excluding hydrogens is 212 g/mol. The summed E-state index contributed by atoms with van der Waals surface area (Å²) in [5.74, 6) is 0.747. The monoisotopic (exact) mass is 226 g/mol. The number of ether oxygens (including phenoxy) is 2. The molecule has 0 spiro atoms. The van der Waals surface area contributed by atoms with Crippen molar-refractivity contribution in [1.82, 2.24) is 0 Å². The smallest absolute Gasteiger partial charge is 0.164 e. The Bertz CT molecular complexity index is 302. The molecule has 0 aliphatic carbocycles. The Kier molecular flexibility index (Phi) is 3.62. The van der Waals surface area contributed by atoms with Gasteiger partial charge in [-0.2, -0.15) is 0 Å². The average Bonchev–Trinajstić information content (AvgIpc) is 2.78. The minimum absolute atomic E-state index is 0.0443. The van der Waals surface area contributed by atoms with E-state index in [0.29, 0.717) is 12.5 Å². The highest BCUT2D eigenvalue weighted by molar-refractivity contribution is 6.18. The van der Waals surface area contributed by atoms with Crippen molar-refractivity contribution in [2.45, 2.75) is 25.2 Å². The third-order valence-electron chi connectivity index (χ3n) is 2.68. The standard InChI is InChI=1S/C12H15ClO2/c1-9(10-5-3-2-4-6-10)12-14-8-11(7-13)15-12/h2-6,9,11-12H,7-8H2,1H3/t9-,11-,12+/m0/s1. The molecule has 82 valence electrons. The van der Waals surface area contributed by atoms with E-state index in [1.54, 1.807) is 0 Å². The SMILES string of the molecule is C[C@@H](c1ccccc1)[C@@H]1OC[C@H](CCl)O1. The fourth-order valence-electron chi connectivity index (χ4n) is 1.73. The number of rotatable bonds is 3. The molecule has 1 heterocycles. The van der Waals surface area contributed by atoms with E-state index in [2.05, 4.69) is 19.1 Å². The highest BCUT2D eigenvalue weighted by Crippen LogP contribution is 2.27. The van der Waals surface area contributed by atoms with Crippen LogP contribution in [0.25, 0.3) is 0 Å². The minimum Gasteiger partial charge on any atom is -0.349 e. The van der Waals surface area contributed by atoms with Crippen molar-refractivity contribution >= 4 is 11.6 Å². The molecule has 0 saturated carbocycles. The van der Waals surface area contributed by atoms with Gasteiger partial charge in [0, 0.05) is 5.92 Å². The van der Waals surface area contributed by atoms with Crippen LogP contribution >= 0.6 is 11.6 Å². The van der Waals surface area contributed by atoms with Gasteiger partial charge < -0.3 is 9.47 Å². The van der Waals surface area contributed by atoms with Crippen LogP contribution in [0.15, 0.2) is 30.3 Å². The van der Waals surface area contributed by atoms with Crippen LogP contribution in [0.3, 0.4) is 0 Å². The first-order chi connectivity index (χ1) is 7.31. The van der Waals surface area contributed by atoms with Crippen molar-refractivity contribution < 1.29 is 9.47 Å². The van der Waals surface area contributed by atoms with Gasteiger partial charge in [-0.25, -0.2) is 0 Å². The second-order valence-electron chi connectivity index (χ2n) is 3.81. The van der Waals surface area contributed by atoms with Crippen molar-refractivity contribution in [3.05, 3.63) is 35.9 Å². The highest BCUT2D eigenvalue weighted by Gasteiger charge is 2.30. The average molecular weight is 227 g/mol. The fourth-order valence-corrected chi connectivity index (χ4v) is 1.89. The van der Waals surface area contributed by atoms with E-state index in [-0.39, 0.29) is 18.3 Å². The first-order valence-electron chi connectivity index (χ1n) is 5.19. The van der Waals surface area contributed by atoms with Crippen molar-refractivity contribution in [3.63, 3.8) is 0 Å². The first kappa shape index (κ1) is 10.9. The van der Waals surface area contributed by atoms with Gasteiger partial charge in [-0.3, -0.25) is 0 Å². The molecule has 1 fully saturated rings. The number of alkyl halides is 1. The second-order valence-corrected chi connectivity index (χ2v) is 4.12. The molecule has 15 heavy (non-hydrogen) atoms. The lowest BCUT2D eigenvalue weighted by atomic mass is 10.0. The van der Waals surface area contributed by atoms with Crippen LogP contribution in [0.2, 0.25) is 0 Å². The maximum absolute atomic E-state index is 5.72. The van der Waals surface area contributed by atoms with Crippen molar-refractivity contribution in [1.29, 1.82) is 0 Å². The quantitative estimate of drug-likeness (QED) is 0.738. The van der Waals surface area contributed by atoms with Gasteiger partial charge in [-0.05, 0) is 5.56 Å². The second kappa shape index (κ2) is 4.97. The predicted octanol–water partition coefficient (Wildman–Crippen LogP) is 2.77. The zero-order valence-corrected chi connectivity index (χ0v) is 9.48. The fraction of sp³-hybridized carbons (Fsp3) is 0.500. The van der Waals surface area contributed by atoms with Gasteiger partial charge in [0.25, 0.3) is 0 Å². The Morgan fingerprint density at radius 3 is 2.73 bits per heavy atom. The number of hydrogen-bond donors (Lipinski definition) is 0. The van der Waals surface area contributed by atoms with E-state index < -0.39 is 0 Å². The summed E-state index contributed by atoms with van der Waals surface area (Å²) in [6.45, 7) is 2.71. The van der Waals surface area contributed by atoms with Crippen LogP contribution in [0, 0.1) is 0 Å². The van der Waals surface area contributed by atoms with Gasteiger partial charge in [-0.1, -0.05) is 37.3 Å². The lowest BCUT2D eigenvalue weighted by Crippen LogP contribution is -2.19. The molecule has 0 N–H and O–H groups in total. The summed E-state index contributed by atoms with van der Waals surface area (Å²) >= 11 is 5.72. The lowest BCUT2D eigenvalue weighted by Gasteiger charge is -2.18. The van der Waals surface area contributed by atoms with Gasteiger partial charge in [0.05, 0.1) is 18.6 Å². The molecule has 3 atom stereocenters. The Morgan fingerprint density at radius 1 is 1.40 bits per heavy atom. The Balaban J connectivity index is 2.00. The van der Waals surface area contributed by atoms with Crippen LogP contribution in [0.4, 0.5) is 0 Å². The Labute approximate surface area is 95.1 Å². The summed E-state index contributed by atoms with van der Waals surface area (Å²) in [5.41, 5.74) is 1.23. The van der Waals surface area contributed by atoms with Gasteiger partial charge in [0.15, 0.2) is 6.29 Å². The maximum atomic E-state index is 5.72. The summed E-state index contributed by atoms with van der Waals surface area (Å²) in [6.07, 6.45) is -0.112. The number of benzene rings is 1. The molecular formula is C12H15ClO2. The van der Waals surface area contributed by atoms with Crippen LogP contribution in [-0.2, 0) is 9.47 Å². The van der Waals surface area contributed by atoms with E-state index >= 15 is 0 Å². The zero-order valence-electron chi connectivity index (χ0n) is 8.73. The summed E-state index contributed by atoms with van der Waals surface area (Å²) in [5, 5.41) is 0. The van der Waals surface area contributed by atoms with Crippen molar-refractivity contribution in [3.8, 4) is 0 Å². The van der Waals surface area contributed by atoms with E-state index in [4.69, 9.17) is 21.1 Å². The summed E-state index contributed by atoms with van der Waals surface area (Å²) in [7, 11) is 0. The number of halogens is 1. The molecule has 0 aromatic heterocycles. The molecule has 0 radical (unpaired) electrons. The van der Waals surface area contributed by atoms with E-state index in [1.165, 1.54) is 5.56 Å².